The number of aromatic nitrogens is 1. The number of thiazole rings is 1. The lowest BCUT2D eigenvalue weighted by Crippen LogP contribution is -2.38. The average Bonchev–Trinajstić information content (AvgIpc) is 3.36. The first-order chi connectivity index (χ1) is 14.5. The maximum atomic E-state index is 13.3. The molecule has 1 aliphatic rings. The van der Waals surface area contributed by atoms with Gasteiger partial charge in [-0.2, -0.15) is 0 Å². The number of halogens is 1. The van der Waals surface area contributed by atoms with Crippen LogP contribution in [0.1, 0.15) is 32.3 Å². The zero-order valence-corrected chi connectivity index (χ0v) is 20.4. The lowest BCUT2D eigenvalue weighted by atomic mass is 10.1. The van der Waals surface area contributed by atoms with Gasteiger partial charge in [-0.15, -0.1) is 11.8 Å². The standard InChI is InChI=1S/C23H25BrN2O2S2/c1-15(2)29-19-8-5-16(6-9-19)12-22(27)26(14-18-4-3-11-28-18)23-25-20-10-7-17(24)13-21(20)30-23/h5-10,13,15,18H,3-4,11-12,14H2,1-2H3. The van der Waals surface area contributed by atoms with Crippen molar-refractivity contribution in [1.82, 2.24) is 4.98 Å². The van der Waals surface area contributed by atoms with Crippen molar-refractivity contribution in [1.29, 1.82) is 0 Å². The summed E-state index contributed by atoms with van der Waals surface area (Å²) in [5.41, 5.74) is 1.94. The molecular formula is C23H25BrN2O2S2. The maximum absolute atomic E-state index is 13.3. The Kier molecular flexibility index (Phi) is 7.13. The van der Waals surface area contributed by atoms with Crippen LogP contribution < -0.4 is 4.90 Å². The topological polar surface area (TPSA) is 42.4 Å². The summed E-state index contributed by atoms with van der Waals surface area (Å²) < 4.78 is 7.91. The van der Waals surface area contributed by atoms with E-state index in [0.29, 0.717) is 18.2 Å². The lowest BCUT2D eigenvalue weighted by Gasteiger charge is -2.23. The van der Waals surface area contributed by atoms with E-state index in [1.54, 1.807) is 11.3 Å². The number of thioether (sulfide) groups is 1. The van der Waals surface area contributed by atoms with Crippen LogP contribution in [0.25, 0.3) is 10.2 Å². The fourth-order valence-corrected chi connectivity index (χ4v) is 5.89. The van der Waals surface area contributed by atoms with Crippen molar-refractivity contribution in [2.75, 3.05) is 18.1 Å². The van der Waals surface area contributed by atoms with Crippen LogP contribution in [0.2, 0.25) is 0 Å². The lowest BCUT2D eigenvalue weighted by molar-refractivity contribution is -0.118. The van der Waals surface area contributed by atoms with Crippen LogP contribution in [0.4, 0.5) is 5.13 Å². The molecule has 3 aromatic rings. The van der Waals surface area contributed by atoms with Gasteiger partial charge in [0, 0.05) is 21.2 Å². The van der Waals surface area contributed by atoms with E-state index >= 15 is 0 Å². The fourth-order valence-electron chi connectivity index (χ4n) is 3.51. The molecule has 4 nitrogen and oxygen atoms in total. The third-order valence-electron chi connectivity index (χ3n) is 4.93. The van der Waals surface area contributed by atoms with Gasteiger partial charge in [0.05, 0.1) is 29.3 Å². The van der Waals surface area contributed by atoms with Crippen LogP contribution in [0.5, 0.6) is 0 Å². The molecule has 1 aromatic heterocycles. The van der Waals surface area contributed by atoms with Gasteiger partial charge in [-0.1, -0.05) is 53.2 Å². The highest BCUT2D eigenvalue weighted by molar-refractivity contribution is 9.10. The van der Waals surface area contributed by atoms with Gasteiger partial charge >= 0.3 is 0 Å². The monoisotopic (exact) mass is 504 g/mol. The second kappa shape index (κ2) is 9.81. The van der Waals surface area contributed by atoms with Crippen LogP contribution in [0.15, 0.2) is 51.8 Å². The summed E-state index contributed by atoms with van der Waals surface area (Å²) in [4.78, 5) is 21.1. The van der Waals surface area contributed by atoms with Gasteiger partial charge in [0.2, 0.25) is 5.91 Å². The minimum absolute atomic E-state index is 0.0629. The van der Waals surface area contributed by atoms with Crippen molar-refractivity contribution in [3.8, 4) is 0 Å². The number of rotatable bonds is 7. The first kappa shape index (κ1) is 21.8. The molecule has 2 aromatic carbocycles. The molecule has 1 fully saturated rings. The summed E-state index contributed by atoms with van der Waals surface area (Å²) in [5.74, 6) is 0.0629. The Morgan fingerprint density at radius 2 is 2.10 bits per heavy atom. The summed E-state index contributed by atoms with van der Waals surface area (Å²) in [6.07, 6.45) is 2.48. The van der Waals surface area contributed by atoms with E-state index in [0.717, 1.165) is 44.8 Å². The summed E-state index contributed by atoms with van der Waals surface area (Å²) >= 11 is 6.91. The quantitative estimate of drug-likeness (QED) is 0.353. The molecule has 1 aliphatic heterocycles. The predicted molar refractivity (Wildman–Crippen MR) is 130 cm³/mol. The van der Waals surface area contributed by atoms with E-state index < -0.39 is 0 Å². The summed E-state index contributed by atoms with van der Waals surface area (Å²) in [6.45, 7) is 5.69. The number of benzene rings is 2. The highest BCUT2D eigenvalue weighted by Crippen LogP contribution is 2.32. The van der Waals surface area contributed by atoms with Gasteiger partial charge in [-0.05, 0) is 48.7 Å². The number of carbonyl (C=O) groups is 1. The molecule has 0 radical (unpaired) electrons. The van der Waals surface area contributed by atoms with Gasteiger partial charge < -0.3 is 4.74 Å². The minimum atomic E-state index is 0.0629. The molecule has 4 rings (SSSR count). The number of nitrogens with zero attached hydrogens (tertiary/aromatic N) is 2. The van der Waals surface area contributed by atoms with Crippen LogP contribution in [0.3, 0.4) is 0 Å². The van der Waals surface area contributed by atoms with Crippen molar-refractivity contribution < 1.29 is 9.53 Å². The molecule has 0 N–H and O–H groups in total. The summed E-state index contributed by atoms with van der Waals surface area (Å²) in [6, 6.07) is 14.3. The molecule has 1 saturated heterocycles. The SMILES string of the molecule is CC(C)Sc1ccc(CC(=O)N(CC2CCCO2)c2nc3ccc(Br)cc3s2)cc1. The molecule has 158 valence electrons. The van der Waals surface area contributed by atoms with E-state index in [1.165, 1.54) is 4.90 Å². The first-order valence-electron chi connectivity index (χ1n) is 10.2. The molecule has 7 heteroatoms. The van der Waals surface area contributed by atoms with Gasteiger partial charge in [-0.3, -0.25) is 9.69 Å². The van der Waals surface area contributed by atoms with Crippen molar-refractivity contribution >= 4 is 60.3 Å². The van der Waals surface area contributed by atoms with Crippen LogP contribution in [-0.4, -0.2) is 35.4 Å². The number of ether oxygens (including phenoxy) is 1. The molecule has 0 bridgehead atoms. The highest BCUT2D eigenvalue weighted by atomic mass is 79.9. The minimum Gasteiger partial charge on any atom is -0.376 e. The van der Waals surface area contributed by atoms with E-state index in [-0.39, 0.29) is 12.0 Å². The van der Waals surface area contributed by atoms with Crippen molar-refractivity contribution in [2.45, 2.75) is 49.4 Å². The molecule has 2 heterocycles. The zero-order valence-electron chi connectivity index (χ0n) is 17.1. The highest BCUT2D eigenvalue weighted by Gasteiger charge is 2.26. The number of anilines is 1. The summed E-state index contributed by atoms with van der Waals surface area (Å²) in [5, 5.41) is 1.29. The fraction of sp³-hybridized carbons (Fsp3) is 0.391. The number of hydrogen-bond donors (Lipinski definition) is 0. The van der Waals surface area contributed by atoms with Crippen molar-refractivity contribution in [3.63, 3.8) is 0 Å². The predicted octanol–water partition coefficient (Wildman–Crippen LogP) is 6.31. The molecule has 0 saturated carbocycles. The third kappa shape index (κ3) is 5.44. The van der Waals surface area contributed by atoms with E-state index in [2.05, 4.69) is 60.1 Å². The Labute approximate surface area is 194 Å². The number of carbonyl (C=O) groups excluding carboxylic acids is 1. The molecule has 1 atom stereocenters. The first-order valence-corrected chi connectivity index (χ1v) is 12.7. The van der Waals surface area contributed by atoms with Gasteiger partial charge in [-0.25, -0.2) is 4.98 Å². The Balaban J connectivity index is 1.55. The van der Waals surface area contributed by atoms with Crippen LogP contribution >= 0.6 is 39.0 Å². The average molecular weight is 506 g/mol. The second-order valence-electron chi connectivity index (χ2n) is 7.74. The molecule has 0 aliphatic carbocycles. The Bertz CT molecular complexity index is 1010. The Hall–Kier alpha value is -1.41. The molecule has 1 unspecified atom stereocenters. The molecule has 1 amide bonds. The number of hydrogen-bond acceptors (Lipinski definition) is 5. The van der Waals surface area contributed by atoms with Crippen molar-refractivity contribution in [2.24, 2.45) is 0 Å². The van der Waals surface area contributed by atoms with E-state index in [9.17, 15) is 4.79 Å². The summed E-state index contributed by atoms with van der Waals surface area (Å²) in [7, 11) is 0. The molecule has 0 spiro atoms. The second-order valence-corrected chi connectivity index (χ2v) is 11.3. The normalized spacial score (nSPS) is 16.5. The largest absolute Gasteiger partial charge is 0.376 e. The Morgan fingerprint density at radius 1 is 1.30 bits per heavy atom. The van der Waals surface area contributed by atoms with Gasteiger partial charge in [0.15, 0.2) is 5.13 Å². The number of fused-ring (bicyclic) bond motifs is 1. The van der Waals surface area contributed by atoms with Crippen molar-refractivity contribution in [3.05, 3.63) is 52.5 Å². The van der Waals surface area contributed by atoms with E-state index in [4.69, 9.17) is 9.72 Å². The van der Waals surface area contributed by atoms with Gasteiger partial charge in [0.25, 0.3) is 0 Å². The third-order valence-corrected chi connectivity index (χ3v) is 7.48. The molecular weight excluding hydrogens is 480 g/mol. The Morgan fingerprint density at radius 3 is 2.80 bits per heavy atom. The molecule has 30 heavy (non-hydrogen) atoms. The van der Waals surface area contributed by atoms with Crippen LogP contribution in [-0.2, 0) is 16.0 Å². The number of amides is 1. The smallest absolute Gasteiger partial charge is 0.233 e. The maximum Gasteiger partial charge on any atom is 0.233 e. The van der Waals surface area contributed by atoms with Crippen LogP contribution in [0, 0.1) is 0 Å². The zero-order chi connectivity index (χ0) is 21.1. The van der Waals surface area contributed by atoms with Gasteiger partial charge in [0.1, 0.15) is 0 Å². The van der Waals surface area contributed by atoms with E-state index in [1.807, 2.05) is 28.8 Å².